The molecule has 0 fully saturated rings. The Labute approximate surface area is 121 Å². The van der Waals surface area contributed by atoms with Gasteiger partial charge in [0.05, 0.1) is 0 Å². The Balaban J connectivity index is 2.18. The van der Waals surface area contributed by atoms with Crippen LogP contribution in [0.15, 0.2) is 47.1 Å². The molecule has 1 aromatic carbocycles. The molecule has 0 unspecified atom stereocenters. The Kier molecular flexibility index (Phi) is 4.32. The third kappa shape index (κ3) is 3.64. The Bertz CT molecular complexity index is 598. The van der Waals surface area contributed by atoms with Crippen LogP contribution in [0.5, 0.6) is 0 Å². The highest BCUT2D eigenvalue weighted by molar-refractivity contribution is 9.10. The second-order valence-electron chi connectivity index (χ2n) is 4.44. The number of carbonyl (C=O) groups excluding carboxylic acids is 1. The summed E-state index contributed by atoms with van der Waals surface area (Å²) in [5.74, 6) is 0.854. The first-order chi connectivity index (χ1) is 9.06. The maximum Gasteiger partial charge on any atom is 0.159 e. The van der Waals surface area contributed by atoms with Gasteiger partial charge < -0.3 is 4.90 Å². The lowest BCUT2D eigenvalue weighted by molar-refractivity contribution is 0.101. The Morgan fingerprint density at radius 3 is 2.79 bits per heavy atom. The number of aromatic nitrogens is 1. The van der Waals surface area contributed by atoms with Crippen LogP contribution in [-0.2, 0) is 6.54 Å². The van der Waals surface area contributed by atoms with Crippen molar-refractivity contribution in [3.05, 3.63) is 58.2 Å². The van der Waals surface area contributed by atoms with Gasteiger partial charge in [-0.25, -0.2) is 4.98 Å². The quantitative estimate of drug-likeness (QED) is 0.806. The summed E-state index contributed by atoms with van der Waals surface area (Å²) in [7, 11) is 1.97. The minimum absolute atomic E-state index is 0.0551. The number of hydrogen-bond donors (Lipinski definition) is 0. The molecule has 0 saturated carbocycles. The predicted molar refractivity (Wildman–Crippen MR) is 80.5 cm³/mol. The highest BCUT2D eigenvalue weighted by atomic mass is 79.9. The third-order valence-corrected chi connectivity index (χ3v) is 3.35. The van der Waals surface area contributed by atoms with Gasteiger partial charge in [-0.05, 0) is 36.8 Å². The predicted octanol–water partition coefficient (Wildman–Crippen LogP) is 3.68. The highest BCUT2D eigenvalue weighted by Gasteiger charge is 2.06. The molecule has 0 aliphatic carbocycles. The van der Waals surface area contributed by atoms with Gasteiger partial charge in [-0.1, -0.05) is 28.1 Å². The van der Waals surface area contributed by atoms with Crippen LogP contribution in [0.2, 0.25) is 0 Å². The molecule has 0 saturated heterocycles. The molecule has 0 amide bonds. The number of pyridine rings is 1. The van der Waals surface area contributed by atoms with E-state index >= 15 is 0 Å². The number of ketones is 1. The number of carbonyl (C=O) groups is 1. The Morgan fingerprint density at radius 1 is 1.32 bits per heavy atom. The molecule has 0 N–H and O–H groups in total. The van der Waals surface area contributed by atoms with E-state index < -0.39 is 0 Å². The zero-order valence-electron chi connectivity index (χ0n) is 10.9. The topological polar surface area (TPSA) is 33.2 Å². The summed E-state index contributed by atoms with van der Waals surface area (Å²) in [6.45, 7) is 2.31. The summed E-state index contributed by atoms with van der Waals surface area (Å²) in [5.41, 5.74) is 1.87. The van der Waals surface area contributed by atoms with E-state index in [1.165, 1.54) is 5.56 Å². The molecule has 0 aliphatic rings. The minimum Gasteiger partial charge on any atom is -0.355 e. The average molecular weight is 319 g/mol. The molecule has 4 heteroatoms. The number of benzene rings is 1. The molecule has 1 aromatic heterocycles. The number of anilines is 1. The SMILES string of the molecule is CC(=O)c1ccnc(N(C)Cc2cccc(Br)c2)c1. The van der Waals surface area contributed by atoms with Crippen molar-refractivity contribution in [3.8, 4) is 0 Å². The van der Waals surface area contributed by atoms with Crippen molar-refractivity contribution in [2.75, 3.05) is 11.9 Å². The number of rotatable bonds is 4. The van der Waals surface area contributed by atoms with Gasteiger partial charge in [-0.3, -0.25) is 4.79 Å². The van der Waals surface area contributed by atoms with Gasteiger partial charge in [0.1, 0.15) is 5.82 Å². The van der Waals surface area contributed by atoms with E-state index in [-0.39, 0.29) is 5.78 Å². The zero-order chi connectivity index (χ0) is 13.8. The monoisotopic (exact) mass is 318 g/mol. The van der Waals surface area contributed by atoms with Crippen LogP contribution < -0.4 is 4.90 Å². The largest absolute Gasteiger partial charge is 0.355 e. The molecular weight excluding hydrogens is 304 g/mol. The molecule has 0 atom stereocenters. The van der Waals surface area contributed by atoms with Gasteiger partial charge in [-0.2, -0.15) is 0 Å². The second kappa shape index (κ2) is 5.97. The van der Waals surface area contributed by atoms with Crippen LogP contribution in [0.3, 0.4) is 0 Å². The Hall–Kier alpha value is -1.68. The normalized spacial score (nSPS) is 10.3. The van der Waals surface area contributed by atoms with Crippen LogP contribution in [-0.4, -0.2) is 17.8 Å². The van der Waals surface area contributed by atoms with Crippen molar-refractivity contribution in [1.82, 2.24) is 4.98 Å². The van der Waals surface area contributed by atoms with E-state index in [9.17, 15) is 4.79 Å². The summed E-state index contributed by atoms with van der Waals surface area (Å²) < 4.78 is 1.06. The lowest BCUT2D eigenvalue weighted by Crippen LogP contribution is -2.18. The number of nitrogens with zero attached hydrogens (tertiary/aromatic N) is 2. The summed E-state index contributed by atoms with van der Waals surface area (Å²) in [6.07, 6.45) is 1.67. The van der Waals surface area contributed by atoms with E-state index in [1.807, 2.05) is 30.1 Å². The van der Waals surface area contributed by atoms with Crippen molar-refractivity contribution in [1.29, 1.82) is 0 Å². The fourth-order valence-electron chi connectivity index (χ4n) is 1.84. The second-order valence-corrected chi connectivity index (χ2v) is 5.36. The smallest absolute Gasteiger partial charge is 0.159 e. The fourth-order valence-corrected chi connectivity index (χ4v) is 2.28. The van der Waals surface area contributed by atoms with E-state index in [0.717, 1.165) is 16.8 Å². The first kappa shape index (κ1) is 13.7. The molecular formula is C15H15BrN2O. The number of hydrogen-bond acceptors (Lipinski definition) is 3. The summed E-state index contributed by atoms with van der Waals surface area (Å²) >= 11 is 3.46. The lowest BCUT2D eigenvalue weighted by Gasteiger charge is -2.18. The van der Waals surface area contributed by atoms with E-state index in [2.05, 4.69) is 33.0 Å². The summed E-state index contributed by atoms with van der Waals surface area (Å²) in [5, 5.41) is 0. The van der Waals surface area contributed by atoms with Crippen molar-refractivity contribution >= 4 is 27.5 Å². The van der Waals surface area contributed by atoms with Crippen molar-refractivity contribution in [2.24, 2.45) is 0 Å². The zero-order valence-corrected chi connectivity index (χ0v) is 12.5. The standard InChI is InChI=1S/C15H15BrN2O/c1-11(19)13-6-7-17-15(9-13)18(2)10-12-4-3-5-14(16)8-12/h3-9H,10H2,1-2H3. The van der Waals surface area contributed by atoms with Crippen molar-refractivity contribution in [2.45, 2.75) is 13.5 Å². The molecule has 19 heavy (non-hydrogen) atoms. The summed E-state index contributed by atoms with van der Waals surface area (Å²) in [6, 6.07) is 11.7. The Morgan fingerprint density at radius 2 is 2.11 bits per heavy atom. The van der Waals surface area contributed by atoms with Gasteiger partial charge in [0.2, 0.25) is 0 Å². The fraction of sp³-hybridized carbons (Fsp3) is 0.200. The highest BCUT2D eigenvalue weighted by Crippen LogP contribution is 2.17. The molecule has 0 bridgehead atoms. The third-order valence-electron chi connectivity index (χ3n) is 2.85. The summed E-state index contributed by atoms with van der Waals surface area (Å²) in [4.78, 5) is 17.7. The van der Waals surface area contributed by atoms with Crippen LogP contribution in [0, 0.1) is 0 Å². The molecule has 1 heterocycles. The minimum atomic E-state index is 0.0551. The van der Waals surface area contributed by atoms with Gasteiger partial charge in [0.15, 0.2) is 5.78 Å². The molecule has 2 aromatic rings. The first-order valence-electron chi connectivity index (χ1n) is 5.99. The van der Waals surface area contributed by atoms with Crippen LogP contribution in [0.1, 0.15) is 22.8 Å². The van der Waals surface area contributed by atoms with Crippen LogP contribution >= 0.6 is 15.9 Å². The van der Waals surface area contributed by atoms with Gasteiger partial charge in [0.25, 0.3) is 0 Å². The van der Waals surface area contributed by atoms with E-state index in [4.69, 9.17) is 0 Å². The maximum atomic E-state index is 11.4. The van der Waals surface area contributed by atoms with Gasteiger partial charge >= 0.3 is 0 Å². The molecule has 2 rings (SSSR count). The maximum absolute atomic E-state index is 11.4. The molecule has 0 aliphatic heterocycles. The van der Waals surface area contributed by atoms with E-state index in [1.54, 1.807) is 19.2 Å². The molecule has 0 spiro atoms. The lowest BCUT2D eigenvalue weighted by atomic mass is 10.2. The number of Topliss-reactive ketones (excluding diaryl/α,β-unsaturated/α-hetero) is 1. The van der Waals surface area contributed by atoms with Gasteiger partial charge in [0, 0.05) is 29.8 Å². The van der Waals surface area contributed by atoms with Gasteiger partial charge in [-0.15, -0.1) is 0 Å². The van der Waals surface area contributed by atoms with Crippen molar-refractivity contribution < 1.29 is 4.79 Å². The molecule has 3 nitrogen and oxygen atoms in total. The molecule has 0 radical (unpaired) electrons. The number of halogens is 1. The first-order valence-corrected chi connectivity index (χ1v) is 6.78. The van der Waals surface area contributed by atoms with Crippen molar-refractivity contribution in [3.63, 3.8) is 0 Å². The van der Waals surface area contributed by atoms with Crippen LogP contribution in [0.4, 0.5) is 5.82 Å². The average Bonchev–Trinajstić information content (AvgIpc) is 2.39. The molecule has 98 valence electrons. The van der Waals surface area contributed by atoms with E-state index in [0.29, 0.717) is 5.56 Å². The van der Waals surface area contributed by atoms with Crippen LogP contribution in [0.25, 0.3) is 0 Å².